The van der Waals surface area contributed by atoms with Crippen LogP contribution in [0.3, 0.4) is 0 Å². The summed E-state index contributed by atoms with van der Waals surface area (Å²) >= 11 is 0. The molecule has 0 saturated carbocycles. The van der Waals surface area contributed by atoms with E-state index in [1.165, 1.54) is 62.4 Å². The zero-order chi connectivity index (χ0) is 94.8. The van der Waals surface area contributed by atoms with Crippen molar-refractivity contribution in [2.24, 2.45) is 0 Å². The van der Waals surface area contributed by atoms with E-state index in [9.17, 15) is 83.7 Å². The lowest BCUT2D eigenvalue weighted by atomic mass is 10.0. The van der Waals surface area contributed by atoms with Crippen LogP contribution in [0.25, 0.3) is 54.5 Å². The molecule has 0 bridgehead atoms. The Kier molecular flexibility index (Phi) is 38.1. The summed E-state index contributed by atoms with van der Waals surface area (Å²) in [6.07, 6.45) is 13.1. The first-order valence-electron chi connectivity index (χ1n) is 43.7. The molecule has 41 heteroatoms. The molecule has 132 heavy (non-hydrogen) atoms. The lowest BCUT2D eigenvalue weighted by Crippen LogP contribution is -2.53. The van der Waals surface area contributed by atoms with Crippen LogP contribution in [-0.4, -0.2) is 281 Å². The number of nitro groups is 5. The number of unbranched alkanes of at least 4 members (excludes halogenated alkanes) is 1. The summed E-state index contributed by atoms with van der Waals surface area (Å²) in [5.74, 6) is 3.04. The van der Waals surface area contributed by atoms with E-state index in [2.05, 4.69) is 51.4 Å². The number of fused-ring (bicyclic) bond motifs is 5. The molecule has 0 spiro atoms. The molecule has 2 N–H and O–H groups in total. The van der Waals surface area contributed by atoms with Crippen LogP contribution in [0, 0.1) is 50.6 Å². The van der Waals surface area contributed by atoms with E-state index in [4.69, 9.17) is 29.5 Å². The number of alkyl halides is 1. The highest BCUT2D eigenvalue weighted by molar-refractivity contribution is 5.87. The second-order valence-corrected chi connectivity index (χ2v) is 32.1. The van der Waals surface area contributed by atoms with Crippen molar-refractivity contribution in [3.8, 4) is 0 Å². The number of esters is 2. The van der Waals surface area contributed by atoms with Crippen molar-refractivity contribution in [3.63, 3.8) is 0 Å². The summed E-state index contributed by atoms with van der Waals surface area (Å²) in [4.78, 5) is 158. The zero-order valence-electron chi connectivity index (χ0n) is 74.4. The fourth-order valence-corrected chi connectivity index (χ4v) is 16.5. The first kappa shape index (κ1) is 100. The molecule has 10 heterocycles. The van der Waals surface area contributed by atoms with Crippen LogP contribution < -0.4 is 29.8 Å². The Balaban J connectivity index is 0.000000168. The lowest BCUT2D eigenvalue weighted by Gasteiger charge is -2.41. The number of nitrogens with one attached hydrogen (secondary N) is 1. The van der Waals surface area contributed by atoms with E-state index >= 15 is 0 Å². The maximum atomic E-state index is 12.6. The van der Waals surface area contributed by atoms with Crippen LogP contribution in [0.1, 0.15) is 91.4 Å². The smallest absolute Gasteiger partial charge is 0.310 e. The fourth-order valence-electron chi connectivity index (χ4n) is 16.5. The summed E-state index contributed by atoms with van der Waals surface area (Å²) in [6.45, 7) is 16.3. The number of benzene rings is 5. The number of aromatic nitrogens is 5. The number of piperazine rings is 5. The van der Waals surface area contributed by atoms with Crippen LogP contribution in [0.15, 0.2) is 152 Å². The largest absolute Gasteiger partial charge is 0.396 e. The van der Waals surface area contributed by atoms with Gasteiger partial charge in [0.15, 0.2) is 0 Å². The number of nitro benzene ring substituents is 5. The van der Waals surface area contributed by atoms with E-state index in [0.29, 0.717) is 120 Å². The topological polar surface area (TPSA) is 472 Å². The van der Waals surface area contributed by atoms with E-state index in [-0.39, 0.29) is 70.8 Å². The Bertz CT molecular complexity index is 5310. The zero-order valence-corrected chi connectivity index (χ0v) is 74.4. The highest BCUT2D eigenvalue weighted by Gasteiger charge is 2.33. The Morgan fingerprint density at radius 2 is 0.659 bits per heavy atom. The van der Waals surface area contributed by atoms with Crippen molar-refractivity contribution in [3.05, 3.63) is 202 Å². The molecule has 5 saturated heterocycles. The van der Waals surface area contributed by atoms with Gasteiger partial charge in [0, 0.05) is 264 Å². The molecule has 5 fully saturated rings. The predicted molar refractivity (Wildman–Crippen MR) is 497 cm³/mol. The first-order valence-corrected chi connectivity index (χ1v) is 43.7. The van der Waals surface area contributed by atoms with Gasteiger partial charge in [-0.15, -0.1) is 0 Å². The number of non-ortho nitro benzene ring substituents is 5. The minimum absolute atomic E-state index is 0.0118. The Morgan fingerprint density at radius 1 is 0.394 bits per heavy atom. The number of hydrogen-bond donors (Lipinski definition) is 2. The molecular weight excluding hydrogens is 1710 g/mol. The summed E-state index contributed by atoms with van der Waals surface area (Å²) in [5.41, 5.74) is 3.92. The van der Waals surface area contributed by atoms with Crippen molar-refractivity contribution in [1.29, 1.82) is 0 Å². The van der Waals surface area contributed by atoms with Crippen molar-refractivity contribution in [2.45, 2.75) is 122 Å². The Morgan fingerprint density at radius 3 is 0.902 bits per heavy atom. The van der Waals surface area contributed by atoms with Crippen LogP contribution in [-0.2, 0) is 43.0 Å². The fraction of sp³-hybridized carbons (Fsp3) is 0.440. The van der Waals surface area contributed by atoms with Crippen molar-refractivity contribution < 1.29 is 77.1 Å². The number of aliphatic hydroxyl groups is 1. The number of methoxy groups -OCH3 is 2. The monoisotopic (exact) mass is 1820 g/mol. The molecule has 5 aromatic carbocycles. The van der Waals surface area contributed by atoms with Gasteiger partial charge in [-0.05, 0) is 149 Å². The van der Waals surface area contributed by atoms with Gasteiger partial charge in [0.2, 0.25) is 25.6 Å². The van der Waals surface area contributed by atoms with E-state index in [1.54, 1.807) is 71.4 Å². The highest BCUT2D eigenvalue weighted by atomic mass is 19.1. The van der Waals surface area contributed by atoms with E-state index < -0.39 is 31.6 Å². The van der Waals surface area contributed by atoms with Gasteiger partial charge in [-0.25, -0.2) is 24.9 Å². The Labute approximate surface area is 760 Å². The van der Waals surface area contributed by atoms with Crippen LogP contribution >= 0.6 is 0 Å². The van der Waals surface area contributed by atoms with E-state index in [0.717, 1.165) is 177 Å². The second kappa shape index (κ2) is 50.2. The van der Waals surface area contributed by atoms with Crippen molar-refractivity contribution in [2.75, 3.05) is 163 Å². The number of carbonyl (C=O) groups excluding carboxylic acids is 6. The minimum Gasteiger partial charge on any atom is -0.396 e. The summed E-state index contributed by atoms with van der Waals surface area (Å²) in [7, 11) is 3.40. The van der Waals surface area contributed by atoms with Gasteiger partial charge < -0.3 is 68.7 Å². The number of nitrogens with zero attached hydrogens (tertiary/aromatic N) is 19. The number of aliphatic hydroxyl groups excluding tert-OH is 1. The number of hydrogen-bond acceptors (Lipinski definition) is 31. The molecule has 15 rings (SSSR count). The standard InChI is InChI=1S/C18H22N4O4.C18H22N4O3.C17H19FN4O3.C17H20N4O4.C17H22N4O3.C4H6O3/c1-26-10-2-3-16-12-20(13-23)8-9-21(16)18-7-4-14-11-15(22(24)25)5-6-17(14)19-18;1-2-3-4-16-12-20(13-23)9-10-21(16)18-8-5-14-11-15(22(24)25)6-7-17(14)19-18;18-7-1-2-15-11-20(12-23)8-9-21(15)17-6-3-13-10-14(22(24)25)4-5-16(13)19-17;22-9-1-2-15-11-19(12-23)7-8-20(15)17-6-3-13-10-14(21(24)25)4-5-16(13)18-17;1-24-10-2-3-15-12-18-8-9-20(15)17-7-4-13-11-14(21(22)23)5-6-16(13)19-17;1-3(5)7-4(2)6/h4-7,11,13,16H,2-3,8-10,12H2,1H3;5-8,11,13,16H,2-4,9-10,12H2,1H3;3-6,10,12,15H,1-2,7-9,11H2;3-6,10,12,15,22H,1-2,7-9,11H2;4-7,11,15,18H,2-3,8-10,12H2,1H3;1-2H3. The molecule has 5 aliphatic rings. The molecule has 5 unspecified atom stereocenters. The van der Waals surface area contributed by atoms with Crippen LogP contribution in [0.5, 0.6) is 0 Å². The third-order valence-corrected chi connectivity index (χ3v) is 23.1. The van der Waals surface area contributed by atoms with Crippen molar-refractivity contribution in [1.82, 2.24) is 49.8 Å². The Hall–Kier alpha value is -14.1. The lowest BCUT2D eigenvalue weighted by molar-refractivity contribution is -0.384. The van der Waals surface area contributed by atoms with Gasteiger partial charge in [0.1, 0.15) is 29.1 Å². The molecular formula is C91H111FN20O20. The molecule has 5 aliphatic heterocycles. The number of anilines is 5. The maximum Gasteiger partial charge on any atom is 0.310 e. The number of halogens is 1. The molecule has 0 radical (unpaired) electrons. The third kappa shape index (κ3) is 28.2. The maximum absolute atomic E-state index is 12.6. The molecule has 4 amide bonds. The molecule has 5 atom stereocenters. The summed E-state index contributed by atoms with van der Waals surface area (Å²) < 4.78 is 26.9. The summed E-state index contributed by atoms with van der Waals surface area (Å²) in [5, 5.41) is 70.7. The molecule has 40 nitrogen and oxygen atoms in total. The third-order valence-electron chi connectivity index (χ3n) is 23.1. The molecule has 0 aliphatic carbocycles. The van der Waals surface area contributed by atoms with Gasteiger partial charge in [-0.2, -0.15) is 0 Å². The molecule has 5 aromatic heterocycles. The second-order valence-electron chi connectivity index (χ2n) is 32.1. The number of ether oxygens (including phenoxy) is 3. The number of amides is 4. The highest BCUT2D eigenvalue weighted by Crippen LogP contribution is 2.34. The van der Waals surface area contributed by atoms with Gasteiger partial charge >= 0.3 is 11.9 Å². The number of rotatable bonds is 31. The SMILES string of the molecule is CC(=O)OC(C)=O.CCCCC1CN(C=O)CCN1c1ccc2cc([N+](=O)[O-])ccc2n1.COCCCC1CN(C=O)CCN1c1ccc2cc([N+](=O)[O-])ccc2n1.COCCCC1CNCCN1c1ccc2cc([N+](=O)[O-])ccc2n1.O=CN1CCN(c2ccc3cc([N+](=O)[O-])ccc3n2)C(CCCF)C1.O=CN1CCN(c2ccc3cc([N+](=O)[O-])ccc3n2)C(CCCO)C1. The number of carbonyl (C=O) groups is 6. The first-order chi connectivity index (χ1) is 63.8. The van der Waals surface area contributed by atoms with Gasteiger partial charge in [-0.3, -0.25) is 83.7 Å². The van der Waals surface area contributed by atoms with Crippen LogP contribution in [0.4, 0.5) is 61.9 Å². The van der Waals surface area contributed by atoms with E-state index in [1.807, 2.05) is 65.6 Å². The number of pyridine rings is 5. The van der Waals surface area contributed by atoms with Crippen molar-refractivity contribution >= 4 is 150 Å². The predicted octanol–water partition coefficient (Wildman–Crippen LogP) is 11.7. The average molecular weight is 1820 g/mol. The minimum atomic E-state index is -0.562. The normalized spacial score (nSPS) is 17.2. The van der Waals surface area contributed by atoms with Gasteiger partial charge in [0.25, 0.3) is 28.4 Å². The molecule has 10 aromatic rings. The quantitative estimate of drug-likeness (QED) is 0.0102. The molecule has 702 valence electrons. The van der Waals surface area contributed by atoms with Gasteiger partial charge in [0.05, 0.1) is 58.9 Å². The summed E-state index contributed by atoms with van der Waals surface area (Å²) in [6, 6.07) is 43.1. The van der Waals surface area contributed by atoms with Gasteiger partial charge in [-0.1, -0.05) is 19.8 Å². The van der Waals surface area contributed by atoms with Crippen LogP contribution in [0.2, 0.25) is 0 Å². The average Bonchev–Trinajstić information content (AvgIpc) is 0.830.